The number of benzene rings is 2. The number of carbonyl (C=O) groups excluding carboxylic acids is 2. The summed E-state index contributed by atoms with van der Waals surface area (Å²) in [4.78, 5) is 34.0. The maximum Gasteiger partial charge on any atom is 0.270 e. The van der Waals surface area contributed by atoms with Crippen molar-refractivity contribution < 1.29 is 24.4 Å². The van der Waals surface area contributed by atoms with Crippen molar-refractivity contribution in [2.24, 2.45) is 5.10 Å². The third-order valence-electron chi connectivity index (χ3n) is 3.87. The summed E-state index contributed by atoms with van der Waals surface area (Å²) < 4.78 is 5.27. The largest absolute Gasteiger partial charge is 0.504 e. The number of hydrogen-bond acceptors (Lipinski definition) is 7. The lowest BCUT2D eigenvalue weighted by Gasteiger charge is -2.06. The van der Waals surface area contributed by atoms with Crippen LogP contribution in [0.5, 0.6) is 11.5 Å². The summed E-state index contributed by atoms with van der Waals surface area (Å²) >= 11 is 0. The van der Waals surface area contributed by atoms with Crippen LogP contribution in [0.1, 0.15) is 35.7 Å². The SMILES string of the molecule is CCOc1cc(C=NNC(=O)CCCNC(=O)c2cccc([N+](=O)[O-])c2)ccc1O. The van der Waals surface area contributed by atoms with Crippen LogP contribution < -0.4 is 15.5 Å². The number of nitrogens with zero attached hydrogens (tertiary/aromatic N) is 2. The highest BCUT2D eigenvalue weighted by atomic mass is 16.6. The maximum atomic E-state index is 12.0. The number of rotatable bonds is 10. The Morgan fingerprint density at radius 1 is 1.27 bits per heavy atom. The van der Waals surface area contributed by atoms with Crippen LogP contribution in [0.2, 0.25) is 0 Å². The molecule has 0 fully saturated rings. The first-order valence-electron chi connectivity index (χ1n) is 9.21. The van der Waals surface area contributed by atoms with Crippen molar-refractivity contribution in [3.05, 3.63) is 63.7 Å². The molecule has 2 aromatic carbocycles. The monoisotopic (exact) mass is 414 g/mol. The topological polar surface area (TPSA) is 143 Å². The molecular weight excluding hydrogens is 392 g/mol. The molecule has 2 amide bonds. The number of non-ortho nitro benzene ring substituents is 1. The zero-order valence-corrected chi connectivity index (χ0v) is 16.3. The molecule has 0 heterocycles. The Morgan fingerprint density at radius 2 is 2.07 bits per heavy atom. The van der Waals surface area contributed by atoms with Gasteiger partial charge in [0.1, 0.15) is 0 Å². The van der Waals surface area contributed by atoms with Gasteiger partial charge < -0.3 is 15.2 Å². The van der Waals surface area contributed by atoms with E-state index in [4.69, 9.17) is 4.74 Å². The predicted octanol–water partition coefficient (Wildman–Crippen LogP) is 2.36. The number of hydrazone groups is 1. The molecular formula is C20H22N4O6. The molecule has 0 aliphatic rings. The summed E-state index contributed by atoms with van der Waals surface area (Å²) in [5.41, 5.74) is 3.03. The lowest BCUT2D eigenvalue weighted by Crippen LogP contribution is -2.26. The number of nitro groups is 1. The summed E-state index contributed by atoms with van der Waals surface area (Å²) in [6, 6.07) is 10.1. The van der Waals surface area contributed by atoms with Gasteiger partial charge in [-0.2, -0.15) is 5.10 Å². The van der Waals surface area contributed by atoms with Gasteiger partial charge >= 0.3 is 0 Å². The Hall–Kier alpha value is -3.95. The molecule has 10 nitrogen and oxygen atoms in total. The van der Waals surface area contributed by atoms with Gasteiger partial charge in [0, 0.05) is 30.7 Å². The van der Waals surface area contributed by atoms with E-state index < -0.39 is 10.8 Å². The highest BCUT2D eigenvalue weighted by Gasteiger charge is 2.11. The first-order valence-corrected chi connectivity index (χ1v) is 9.21. The molecule has 158 valence electrons. The number of carbonyl (C=O) groups is 2. The second-order valence-corrected chi connectivity index (χ2v) is 6.12. The van der Waals surface area contributed by atoms with Crippen molar-refractivity contribution in [2.75, 3.05) is 13.2 Å². The molecule has 2 rings (SSSR count). The summed E-state index contributed by atoms with van der Waals surface area (Å²) in [5.74, 6) is -0.438. The second-order valence-electron chi connectivity index (χ2n) is 6.12. The van der Waals surface area contributed by atoms with Crippen molar-refractivity contribution in [3.63, 3.8) is 0 Å². The van der Waals surface area contributed by atoms with Gasteiger partial charge in [-0.25, -0.2) is 5.43 Å². The number of ether oxygens (including phenoxy) is 1. The van der Waals surface area contributed by atoms with Crippen LogP contribution in [0.15, 0.2) is 47.6 Å². The van der Waals surface area contributed by atoms with E-state index in [2.05, 4.69) is 15.8 Å². The van der Waals surface area contributed by atoms with E-state index >= 15 is 0 Å². The molecule has 0 aliphatic carbocycles. The highest BCUT2D eigenvalue weighted by molar-refractivity contribution is 5.94. The smallest absolute Gasteiger partial charge is 0.270 e. The van der Waals surface area contributed by atoms with Crippen molar-refractivity contribution in [3.8, 4) is 11.5 Å². The first kappa shape index (κ1) is 22.3. The Balaban J connectivity index is 1.73. The highest BCUT2D eigenvalue weighted by Crippen LogP contribution is 2.26. The first-order chi connectivity index (χ1) is 14.4. The summed E-state index contributed by atoms with van der Waals surface area (Å²) in [6.45, 7) is 2.43. The van der Waals surface area contributed by atoms with Crippen LogP contribution in [-0.2, 0) is 4.79 Å². The molecule has 30 heavy (non-hydrogen) atoms. The van der Waals surface area contributed by atoms with E-state index in [9.17, 15) is 24.8 Å². The van der Waals surface area contributed by atoms with E-state index in [0.717, 1.165) is 0 Å². The van der Waals surface area contributed by atoms with Crippen LogP contribution in [0.3, 0.4) is 0 Å². The number of phenolic OH excluding ortho intramolecular Hbond substituents is 1. The Kier molecular flexibility index (Phi) is 8.30. The van der Waals surface area contributed by atoms with E-state index in [1.807, 2.05) is 0 Å². The minimum absolute atomic E-state index is 0.0187. The lowest BCUT2D eigenvalue weighted by molar-refractivity contribution is -0.384. The van der Waals surface area contributed by atoms with Gasteiger partial charge in [0.15, 0.2) is 11.5 Å². The Labute approximate surface area is 172 Å². The molecule has 0 saturated carbocycles. The summed E-state index contributed by atoms with van der Waals surface area (Å²) in [5, 5.41) is 26.9. The van der Waals surface area contributed by atoms with Crippen molar-refractivity contribution in [1.82, 2.24) is 10.7 Å². The fourth-order valence-electron chi connectivity index (χ4n) is 2.43. The minimum Gasteiger partial charge on any atom is -0.504 e. The number of phenols is 1. The van der Waals surface area contributed by atoms with Crippen LogP contribution in [0.4, 0.5) is 5.69 Å². The van der Waals surface area contributed by atoms with Crippen molar-refractivity contribution in [1.29, 1.82) is 0 Å². The fourth-order valence-corrected chi connectivity index (χ4v) is 2.43. The summed E-state index contributed by atoms with van der Waals surface area (Å²) in [6.07, 6.45) is 1.92. The molecule has 0 aromatic heterocycles. The number of nitrogens with one attached hydrogen (secondary N) is 2. The minimum atomic E-state index is -0.572. The number of aromatic hydroxyl groups is 1. The molecule has 0 bridgehead atoms. The van der Waals surface area contributed by atoms with Crippen molar-refractivity contribution >= 4 is 23.7 Å². The van der Waals surface area contributed by atoms with Gasteiger partial charge in [-0.3, -0.25) is 19.7 Å². The van der Waals surface area contributed by atoms with E-state index in [0.29, 0.717) is 24.3 Å². The Bertz CT molecular complexity index is 945. The van der Waals surface area contributed by atoms with Crippen LogP contribution in [-0.4, -0.2) is 41.2 Å². The second kappa shape index (κ2) is 11.1. The third kappa shape index (κ3) is 6.89. The number of hydrogen-bond donors (Lipinski definition) is 3. The molecule has 0 atom stereocenters. The van der Waals surface area contributed by atoms with Gasteiger partial charge in [-0.1, -0.05) is 6.07 Å². The zero-order chi connectivity index (χ0) is 21.9. The molecule has 10 heteroatoms. The quantitative estimate of drug-likeness (QED) is 0.236. The summed E-state index contributed by atoms with van der Waals surface area (Å²) in [7, 11) is 0. The predicted molar refractivity (Wildman–Crippen MR) is 110 cm³/mol. The lowest BCUT2D eigenvalue weighted by atomic mass is 10.2. The Morgan fingerprint density at radius 3 is 2.80 bits per heavy atom. The maximum absolute atomic E-state index is 12.0. The fraction of sp³-hybridized carbons (Fsp3) is 0.250. The average Bonchev–Trinajstić information content (AvgIpc) is 2.73. The van der Waals surface area contributed by atoms with E-state index in [1.165, 1.54) is 36.5 Å². The van der Waals surface area contributed by atoms with E-state index in [-0.39, 0.29) is 35.9 Å². The van der Waals surface area contributed by atoms with E-state index in [1.54, 1.807) is 19.1 Å². The molecule has 0 unspecified atom stereocenters. The third-order valence-corrected chi connectivity index (χ3v) is 3.87. The zero-order valence-electron chi connectivity index (χ0n) is 16.3. The molecule has 2 aromatic rings. The van der Waals surface area contributed by atoms with Gasteiger partial charge in [0.25, 0.3) is 11.6 Å². The molecule has 3 N–H and O–H groups in total. The normalized spacial score (nSPS) is 10.6. The number of nitro benzene ring substituents is 1. The van der Waals surface area contributed by atoms with Crippen molar-refractivity contribution in [2.45, 2.75) is 19.8 Å². The average molecular weight is 414 g/mol. The number of amides is 2. The molecule has 0 radical (unpaired) electrons. The molecule has 0 spiro atoms. The molecule has 0 saturated heterocycles. The van der Waals surface area contributed by atoms with Gasteiger partial charge in [0.05, 0.1) is 17.7 Å². The standard InChI is InChI=1S/C20H22N4O6/c1-2-30-18-11-14(8-9-17(18)25)13-22-23-19(26)7-4-10-21-20(27)15-5-3-6-16(12-15)24(28)29/h3,5-6,8-9,11-13,25H,2,4,7,10H2,1H3,(H,21,27)(H,23,26). The van der Waals surface area contributed by atoms with Crippen LogP contribution in [0, 0.1) is 10.1 Å². The van der Waals surface area contributed by atoms with Gasteiger partial charge in [-0.15, -0.1) is 0 Å². The van der Waals surface area contributed by atoms with Crippen LogP contribution >= 0.6 is 0 Å². The van der Waals surface area contributed by atoms with Gasteiger partial charge in [-0.05, 0) is 43.2 Å². The molecule has 0 aliphatic heterocycles. The van der Waals surface area contributed by atoms with Crippen LogP contribution in [0.25, 0.3) is 0 Å². The van der Waals surface area contributed by atoms with Gasteiger partial charge in [0.2, 0.25) is 5.91 Å².